The van der Waals surface area contributed by atoms with Gasteiger partial charge in [-0.15, -0.1) is 13.2 Å². The van der Waals surface area contributed by atoms with Crippen LogP contribution in [0.2, 0.25) is 0 Å². The first kappa shape index (κ1) is 14.9. The Kier molecular flexibility index (Phi) is 3.39. The van der Waals surface area contributed by atoms with Crippen LogP contribution in [-0.2, 0) is 0 Å². The highest BCUT2D eigenvalue weighted by atomic mass is 19.4. The van der Waals surface area contributed by atoms with Crippen molar-refractivity contribution >= 4 is 11.4 Å². The molecule has 1 aromatic carbocycles. The van der Waals surface area contributed by atoms with Gasteiger partial charge in [-0.3, -0.25) is 15.0 Å². The number of anilines is 1. The molecule has 0 amide bonds. The van der Waals surface area contributed by atoms with Crippen LogP contribution in [0.3, 0.4) is 0 Å². The summed E-state index contributed by atoms with van der Waals surface area (Å²) in [7, 11) is 2.02. The lowest BCUT2D eigenvalue weighted by Gasteiger charge is -2.33. The van der Waals surface area contributed by atoms with Crippen LogP contribution in [0.1, 0.15) is 6.42 Å². The van der Waals surface area contributed by atoms with Gasteiger partial charge in [0.2, 0.25) is 5.75 Å². The van der Waals surface area contributed by atoms with Crippen molar-refractivity contribution in [1.29, 1.82) is 0 Å². The number of nitro benzene ring substituents is 1. The van der Waals surface area contributed by atoms with Crippen molar-refractivity contribution in [2.24, 2.45) is 0 Å². The Hall–Kier alpha value is -2.03. The number of rotatable bonds is 3. The summed E-state index contributed by atoms with van der Waals surface area (Å²) in [6, 6.07) is 4.29. The number of piperazine rings is 1. The van der Waals surface area contributed by atoms with Crippen LogP contribution in [0, 0.1) is 10.1 Å². The van der Waals surface area contributed by atoms with Crippen LogP contribution in [0.15, 0.2) is 18.2 Å². The number of hydrogen-bond acceptors (Lipinski definition) is 5. The van der Waals surface area contributed by atoms with E-state index in [-0.39, 0.29) is 6.04 Å². The molecule has 6 nitrogen and oxygen atoms in total. The van der Waals surface area contributed by atoms with Crippen molar-refractivity contribution in [2.75, 3.05) is 25.0 Å². The van der Waals surface area contributed by atoms with E-state index in [0.29, 0.717) is 18.3 Å². The van der Waals surface area contributed by atoms with Gasteiger partial charge in [0.05, 0.1) is 4.92 Å². The summed E-state index contributed by atoms with van der Waals surface area (Å²) in [5.74, 6) is -0.789. The summed E-state index contributed by atoms with van der Waals surface area (Å²) in [4.78, 5) is 14.4. The van der Waals surface area contributed by atoms with Gasteiger partial charge in [0.15, 0.2) is 0 Å². The maximum Gasteiger partial charge on any atom is 0.573 e. The summed E-state index contributed by atoms with van der Waals surface area (Å²) in [6.45, 7) is 1.50. The van der Waals surface area contributed by atoms with Crippen LogP contribution in [-0.4, -0.2) is 48.4 Å². The first-order valence-corrected chi connectivity index (χ1v) is 6.77. The molecule has 9 heteroatoms. The highest BCUT2D eigenvalue weighted by Crippen LogP contribution is 2.41. The van der Waals surface area contributed by atoms with Gasteiger partial charge in [-0.2, -0.15) is 0 Å². The molecule has 0 N–H and O–H groups in total. The Morgan fingerprint density at radius 3 is 2.68 bits per heavy atom. The van der Waals surface area contributed by atoms with E-state index < -0.39 is 22.7 Å². The van der Waals surface area contributed by atoms with Crippen LogP contribution in [0.4, 0.5) is 24.5 Å². The van der Waals surface area contributed by atoms with Gasteiger partial charge < -0.3 is 9.64 Å². The largest absolute Gasteiger partial charge is 0.573 e. The number of ether oxygens (including phenoxy) is 1. The van der Waals surface area contributed by atoms with Gasteiger partial charge in [-0.25, -0.2) is 0 Å². The fourth-order valence-electron chi connectivity index (χ4n) is 2.93. The molecular weight excluding hydrogens is 303 g/mol. The second-order valence-corrected chi connectivity index (χ2v) is 5.50. The number of benzene rings is 1. The van der Waals surface area contributed by atoms with Gasteiger partial charge in [-0.05, 0) is 25.6 Å². The third-order valence-corrected chi connectivity index (χ3v) is 4.08. The summed E-state index contributed by atoms with van der Waals surface area (Å²) in [6.07, 6.45) is -3.99. The average Bonchev–Trinajstić information content (AvgIpc) is 3.19. The molecule has 2 unspecified atom stereocenters. The maximum atomic E-state index is 12.3. The highest BCUT2D eigenvalue weighted by molar-refractivity contribution is 5.61. The van der Waals surface area contributed by atoms with E-state index in [1.807, 2.05) is 11.9 Å². The van der Waals surface area contributed by atoms with E-state index >= 15 is 0 Å². The number of nitrogens with zero attached hydrogens (tertiary/aromatic N) is 3. The molecule has 1 saturated carbocycles. The predicted octanol–water partition coefficient (Wildman–Crippen LogP) is 2.39. The number of nitro groups is 1. The Morgan fingerprint density at radius 1 is 1.32 bits per heavy atom. The zero-order chi connectivity index (χ0) is 16.1. The van der Waals surface area contributed by atoms with Gasteiger partial charge in [0.1, 0.15) is 0 Å². The number of likely N-dealkylation sites (N-methyl/N-ethyl adjacent to an activating group) is 1. The molecule has 22 heavy (non-hydrogen) atoms. The maximum absolute atomic E-state index is 12.3. The molecule has 1 aliphatic heterocycles. The van der Waals surface area contributed by atoms with Crippen LogP contribution in [0.5, 0.6) is 5.75 Å². The van der Waals surface area contributed by atoms with Gasteiger partial charge >= 0.3 is 12.0 Å². The van der Waals surface area contributed by atoms with Crippen molar-refractivity contribution in [1.82, 2.24) is 4.90 Å². The van der Waals surface area contributed by atoms with Crippen LogP contribution in [0.25, 0.3) is 0 Å². The molecule has 120 valence electrons. The third kappa shape index (κ3) is 2.80. The molecule has 1 saturated heterocycles. The first-order valence-electron chi connectivity index (χ1n) is 6.77. The second kappa shape index (κ2) is 5.01. The number of alkyl halides is 3. The molecule has 1 heterocycles. The topological polar surface area (TPSA) is 58.8 Å². The summed E-state index contributed by atoms with van der Waals surface area (Å²) in [5.41, 5.74) is -0.118. The SMILES string of the molecule is CN1CCN(c2ccc(OC(F)(F)F)c([N+](=O)[O-])c2)C2CC21. The standard InChI is InChI=1S/C13H14F3N3O3/c1-17-4-5-18(10-7-9(10)17)8-2-3-12(22-13(14,15)16)11(6-8)19(20)21/h2-3,6,9-10H,4-5,7H2,1H3. The average molecular weight is 317 g/mol. The van der Waals surface area contributed by atoms with Gasteiger partial charge in [0, 0.05) is 36.9 Å². The smallest absolute Gasteiger partial charge is 0.398 e. The van der Waals surface area contributed by atoms with Crippen molar-refractivity contribution in [3.63, 3.8) is 0 Å². The molecule has 2 aliphatic rings. The Morgan fingerprint density at radius 2 is 2.05 bits per heavy atom. The summed E-state index contributed by atoms with van der Waals surface area (Å²) >= 11 is 0. The highest BCUT2D eigenvalue weighted by Gasteiger charge is 2.47. The molecule has 2 fully saturated rings. The van der Waals surface area contributed by atoms with Gasteiger partial charge in [0.25, 0.3) is 0 Å². The molecule has 0 bridgehead atoms. The Labute approximate surface area is 124 Å². The van der Waals surface area contributed by atoms with E-state index in [4.69, 9.17) is 0 Å². The molecule has 3 rings (SSSR count). The molecule has 0 aromatic heterocycles. The monoisotopic (exact) mass is 317 g/mol. The molecule has 0 radical (unpaired) electrons. The molecule has 0 spiro atoms. The fourth-order valence-corrected chi connectivity index (χ4v) is 2.93. The third-order valence-electron chi connectivity index (χ3n) is 4.08. The lowest BCUT2D eigenvalue weighted by atomic mass is 10.2. The second-order valence-electron chi connectivity index (χ2n) is 5.50. The first-order chi connectivity index (χ1) is 10.3. The number of hydrogen-bond donors (Lipinski definition) is 0. The predicted molar refractivity (Wildman–Crippen MR) is 71.9 cm³/mol. The number of fused-ring (bicyclic) bond motifs is 1. The summed E-state index contributed by atoms with van der Waals surface area (Å²) < 4.78 is 40.6. The molecular formula is C13H14F3N3O3. The van der Waals surface area contributed by atoms with E-state index in [1.165, 1.54) is 6.07 Å². The molecule has 1 aliphatic carbocycles. The summed E-state index contributed by atoms with van der Waals surface area (Å²) in [5, 5.41) is 11.0. The van der Waals surface area contributed by atoms with Crippen molar-refractivity contribution in [3.05, 3.63) is 28.3 Å². The van der Waals surface area contributed by atoms with Crippen molar-refractivity contribution in [3.8, 4) is 5.75 Å². The minimum absolute atomic E-state index is 0.271. The Bertz CT molecular complexity index is 608. The normalized spacial score (nSPS) is 24.8. The van der Waals surface area contributed by atoms with Crippen LogP contribution >= 0.6 is 0 Å². The molecule has 1 aromatic rings. The van der Waals surface area contributed by atoms with E-state index in [2.05, 4.69) is 9.64 Å². The van der Waals surface area contributed by atoms with E-state index in [9.17, 15) is 23.3 Å². The van der Waals surface area contributed by atoms with E-state index in [0.717, 1.165) is 25.1 Å². The quantitative estimate of drug-likeness (QED) is 0.633. The minimum atomic E-state index is -4.96. The number of halogens is 3. The molecule has 2 atom stereocenters. The minimum Gasteiger partial charge on any atom is -0.398 e. The van der Waals surface area contributed by atoms with Crippen molar-refractivity contribution in [2.45, 2.75) is 24.9 Å². The van der Waals surface area contributed by atoms with E-state index in [1.54, 1.807) is 0 Å². The lowest BCUT2D eigenvalue weighted by molar-refractivity contribution is -0.388. The zero-order valence-corrected chi connectivity index (χ0v) is 11.7. The fraction of sp³-hybridized carbons (Fsp3) is 0.538. The Balaban J connectivity index is 1.88. The lowest BCUT2D eigenvalue weighted by Crippen LogP contribution is -2.44. The van der Waals surface area contributed by atoms with Crippen molar-refractivity contribution < 1.29 is 22.8 Å². The van der Waals surface area contributed by atoms with Crippen LogP contribution < -0.4 is 9.64 Å². The van der Waals surface area contributed by atoms with Gasteiger partial charge in [-0.1, -0.05) is 0 Å². The zero-order valence-electron chi connectivity index (χ0n) is 11.7.